The van der Waals surface area contributed by atoms with Gasteiger partial charge in [-0.25, -0.2) is 4.39 Å². The molecule has 3 aromatic heterocycles. The first kappa shape index (κ1) is 18.5. The number of hydrogen-bond acceptors (Lipinski definition) is 6. The van der Waals surface area contributed by atoms with Crippen LogP contribution in [0.1, 0.15) is 25.0 Å². The van der Waals surface area contributed by atoms with E-state index in [4.69, 9.17) is 0 Å². The molecule has 0 atom stereocenters. The summed E-state index contributed by atoms with van der Waals surface area (Å²) in [6.45, 7) is 0.572. The molecule has 0 saturated heterocycles. The van der Waals surface area contributed by atoms with Crippen molar-refractivity contribution < 1.29 is 9.18 Å². The average Bonchev–Trinajstić information content (AvgIpc) is 3.18. The van der Waals surface area contributed by atoms with Crippen molar-refractivity contribution in [2.45, 2.75) is 24.7 Å². The lowest BCUT2D eigenvalue weighted by Crippen LogP contribution is -2.42. The van der Waals surface area contributed by atoms with Gasteiger partial charge in [-0.1, -0.05) is 6.42 Å². The number of anilines is 2. The van der Waals surface area contributed by atoms with Crippen molar-refractivity contribution in [3.05, 3.63) is 54.1 Å². The number of hydrogen-bond donors (Lipinski definition) is 1. The fourth-order valence-electron chi connectivity index (χ4n) is 3.40. The fraction of sp³-hybridized carbons (Fsp3) is 0.300. The Labute approximate surface area is 166 Å². The molecule has 3 aromatic rings. The Hall–Kier alpha value is -2.87. The van der Waals surface area contributed by atoms with E-state index in [1.54, 1.807) is 19.3 Å². The van der Waals surface area contributed by atoms with E-state index < -0.39 is 0 Å². The van der Waals surface area contributed by atoms with Crippen LogP contribution in [-0.2, 0) is 10.2 Å². The highest BCUT2D eigenvalue weighted by Crippen LogP contribution is 2.43. The van der Waals surface area contributed by atoms with E-state index in [-0.39, 0.29) is 11.2 Å². The molecule has 1 N–H and O–H groups in total. The standard InChI is InChI=1S/C20H20FN5OS/c1-26(13-27)18-8-6-16(28-18)15-5-7-17(25-24-15)23-12-20(9-3-10-20)19-14(21)4-2-11-22-19/h2,4-8,11,13H,3,9-10,12H2,1H3,(H,23,25). The Balaban J connectivity index is 1.45. The number of aromatic nitrogens is 3. The second-order valence-electron chi connectivity index (χ2n) is 6.98. The molecule has 1 amide bonds. The maximum absolute atomic E-state index is 14.2. The van der Waals surface area contributed by atoms with Gasteiger partial charge in [-0.05, 0) is 49.2 Å². The van der Waals surface area contributed by atoms with Crippen molar-refractivity contribution in [2.24, 2.45) is 0 Å². The summed E-state index contributed by atoms with van der Waals surface area (Å²) >= 11 is 1.48. The maximum Gasteiger partial charge on any atom is 0.214 e. The Morgan fingerprint density at radius 2 is 2.11 bits per heavy atom. The molecule has 1 aliphatic rings. The van der Waals surface area contributed by atoms with E-state index in [0.29, 0.717) is 18.1 Å². The highest BCUT2D eigenvalue weighted by molar-refractivity contribution is 7.19. The van der Waals surface area contributed by atoms with Gasteiger partial charge in [0.15, 0.2) is 0 Å². The minimum Gasteiger partial charge on any atom is -0.368 e. The van der Waals surface area contributed by atoms with E-state index in [0.717, 1.165) is 41.2 Å². The lowest BCUT2D eigenvalue weighted by Gasteiger charge is -2.41. The van der Waals surface area contributed by atoms with E-state index in [1.807, 2.05) is 24.3 Å². The third-order valence-electron chi connectivity index (χ3n) is 5.19. The van der Waals surface area contributed by atoms with Gasteiger partial charge in [0.1, 0.15) is 17.3 Å². The first-order valence-electron chi connectivity index (χ1n) is 9.08. The monoisotopic (exact) mass is 397 g/mol. The maximum atomic E-state index is 14.2. The molecule has 1 saturated carbocycles. The van der Waals surface area contributed by atoms with Crippen molar-refractivity contribution in [1.29, 1.82) is 0 Å². The van der Waals surface area contributed by atoms with Gasteiger partial charge >= 0.3 is 0 Å². The Morgan fingerprint density at radius 1 is 1.25 bits per heavy atom. The number of carbonyl (C=O) groups excluding carboxylic acids is 1. The molecule has 1 aliphatic carbocycles. The average molecular weight is 397 g/mol. The second kappa shape index (κ2) is 7.63. The van der Waals surface area contributed by atoms with Crippen LogP contribution in [0.4, 0.5) is 15.2 Å². The van der Waals surface area contributed by atoms with Gasteiger partial charge in [-0.3, -0.25) is 9.78 Å². The largest absolute Gasteiger partial charge is 0.368 e. The molecule has 28 heavy (non-hydrogen) atoms. The van der Waals surface area contributed by atoms with Gasteiger partial charge < -0.3 is 10.2 Å². The number of nitrogens with zero attached hydrogens (tertiary/aromatic N) is 4. The van der Waals surface area contributed by atoms with Crippen LogP contribution in [0.5, 0.6) is 0 Å². The fourth-order valence-corrected chi connectivity index (χ4v) is 4.30. The van der Waals surface area contributed by atoms with Crippen LogP contribution in [0.3, 0.4) is 0 Å². The summed E-state index contributed by atoms with van der Waals surface area (Å²) in [5, 5.41) is 12.7. The number of rotatable bonds is 7. The van der Waals surface area contributed by atoms with Gasteiger partial charge in [0, 0.05) is 25.2 Å². The molecule has 0 radical (unpaired) electrons. The molecule has 4 rings (SSSR count). The van der Waals surface area contributed by atoms with Crippen molar-refractivity contribution in [3.8, 4) is 10.6 Å². The molecule has 144 valence electrons. The van der Waals surface area contributed by atoms with Crippen LogP contribution in [-0.4, -0.2) is 35.2 Å². The third-order valence-corrected chi connectivity index (χ3v) is 6.39. The van der Waals surface area contributed by atoms with Crippen LogP contribution in [0.15, 0.2) is 42.6 Å². The molecule has 0 aliphatic heterocycles. The highest BCUT2D eigenvalue weighted by atomic mass is 32.1. The number of pyridine rings is 1. The van der Waals surface area contributed by atoms with Crippen molar-refractivity contribution >= 4 is 28.6 Å². The number of amides is 1. The summed E-state index contributed by atoms with van der Waals surface area (Å²) in [6.07, 6.45) is 5.29. The zero-order chi connectivity index (χ0) is 19.6. The summed E-state index contributed by atoms with van der Waals surface area (Å²) in [4.78, 5) is 17.6. The summed E-state index contributed by atoms with van der Waals surface area (Å²) in [6, 6.07) is 10.6. The number of thiophene rings is 1. The quantitative estimate of drug-likeness (QED) is 0.613. The van der Waals surface area contributed by atoms with Crippen LogP contribution in [0, 0.1) is 5.82 Å². The molecule has 0 unspecified atom stereocenters. The van der Waals surface area contributed by atoms with Crippen LogP contribution in [0.2, 0.25) is 0 Å². The molecule has 6 nitrogen and oxygen atoms in total. The molecule has 1 fully saturated rings. The van der Waals surface area contributed by atoms with E-state index in [1.165, 1.54) is 22.3 Å². The molecular weight excluding hydrogens is 377 g/mol. The Kier molecular flexibility index (Phi) is 5.04. The molecule has 0 bridgehead atoms. The summed E-state index contributed by atoms with van der Waals surface area (Å²) in [5.74, 6) is 0.396. The number of carbonyl (C=O) groups is 1. The Bertz CT molecular complexity index is 971. The molecule has 0 aromatic carbocycles. The predicted molar refractivity (Wildman–Crippen MR) is 108 cm³/mol. The second-order valence-corrected chi connectivity index (χ2v) is 8.04. The van der Waals surface area contributed by atoms with E-state index in [2.05, 4.69) is 20.5 Å². The molecule has 0 spiro atoms. The molecule has 8 heteroatoms. The van der Waals surface area contributed by atoms with Crippen LogP contribution < -0.4 is 10.2 Å². The summed E-state index contributed by atoms with van der Waals surface area (Å²) in [5.41, 5.74) is 0.993. The van der Waals surface area contributed by atoms with E-state index >= 15 is 0 Å². The zero-order valence-corrected chi connectivity index (χ0v) is 16.2. The molecular formula is C20H20FN5OS. The normalized spacial score (nSPS) is 14.9. The third kappa shape index (κ3) is 3.47. The minimum absolute atomic E-state index is 0.251. The van der Waals surface area contributed by atoms with Crippen LogP contribution in [0.25, 0.3) is 10.6 Å². The first-order chi connectivity index (χ1) is 13.6. The summed E-state index contributed by atoms with van der Waals surface area (Å²) in [7, 11) is 1.71. The minimum atomic E-state index is -0.284. The predicted octanol–water partition coefficient (Wildman–Crippen LogP) is 3.87. The summed E-state index contributed by atoms with van der Waals surface area (Å²) < 4.78 is 14.2. The highest BCUT2D eigenvalue weighted by Gasteiger charge is 2.41. The lowest BCUT2D eigenvalue weighted by molar-refractivity contribution is -0.107. The zero-order valence-electron chi connectivity index (χ0n) is 15.4. The van der Waals surface area contributed by atoms with Gasteiger partial charge in [-0.2, -0.15) is 0 Å². The topological polar surface area (TPSA) is 71.0 Å². The van der Waals surface area contributed by atoms with Crippen molar-refractivity contribution in [2.75, 3.05) is 23.8 Å². The Morgan fingerprint density at radius 3 is 2.75 bits per heavy atom. The molecule has 3 heterocycles. The van der Waals surface area contributed by atoms with Gasteiger partial charge in [0.05, 0.1) is 15.6 Å². The number of halogens is 1. The van der Waals surface area contributed by atoms with Gasteiger partial charge in [0.2, 0.25) is 6.41 Å². The number of nitrogens with one attached hydrogen (secondary N) is 1. The first-order valence-corrected chi connectivity index (χ1v) is 9.90. The van der Waals surface area contributed by atoms with Crippen molar-refractivity contribution in [3.63, 3.8) is 0 Å². The van der Waals surface area contributed by atoms with E-state index in [9.17, 15) is 9.18 Å². The lowest BCUT2D eigenvalue weighted by atomic mass is 9.66. The van der Waals surface area contributed by atoms with Gasteiger partial charge in [-0.15, -0.1) is 21.5 Å². The van der Waals surface area contributed by atoms with Gasteiger partial charge in [0.25, 0.3) is 0 Å². The smallest absolute Gasteiger partial charge is 0.214 e. The van der Waals surface area contributed by atoms with Crippen LogP contribution >= 0.6 is 11.3 Å². The van der Waals surface area contributed by atoms with Crippen molar-refractivity contribution in [1.82, 2.24) is 15.2 Å². The SMILES string of the molecule is CN(C=O)c1ccc(-c2ccc(NCC3(c4ncccc4F)CCC3)nn2)s1.